The Morgan fingerprint density at radius 3 is 2.39 bits per heavy atom. The molecule has 0 aromatic heterocycles. The van der Waals surface area contributed by atoms with Gasteiger partial charge in [0.25, 0.3) is 0 Å². The molecule has 4 rings (SSSR count). The van der Waals surface area contributed by atoms with Gasteiger partial charge in [-0.2, -0.15) is 0 Å². The molecule has 0 bridgehead atoms. The Balaban J connectivity index is 1.62. The number of methoxy groups -OCH3 is 3. The van der Waals surface area contributed by atoms with Gasteiger partial charge in [-0.1, -0.05) is 23.7 Å². The van der Waals surface area contributed by atoms with E-state index in [1.54, 1.807) is 37.5 Å². The second-order valence-corrected chi connectivity index (χ2v) is 7.78. The quantitative estimate of drug-likeness (QED) is 0.406. The minimum absolute atomic E-state index is 0.186. The molecule has 3 aromatic rings. The monoisotopic (exact) mass is 466 g/mol. The van der Waals surface area contributed by atoms with Crippen molar-refractivity contribution < 1.29 is 28.5 Å². The lowest BCUT2D eigenvalue weighted by Crippen LogP contribution is -2.00. The van der Waals surface area contributed by atoms with Crippen LogP contribution in [0.1, 0.15) is 27.0 Å². The van der Waals surface area contributed by atoms with Crippen LogP contribution in [0.25, 0.3) is 6.08 Å². The topological polar surface area (TPSA) is 63.2 Å². The molecule has 0 N–H and O–H groups in total. The van der Waals surface area contributed by atoms with Crippen molar-refractivity contribution in [1.29, 1.82) is 0 Å². The summed E-state index contributed by atoms with van der Waals surface area (Å²) in [5.41, 5.74) is 2.79. The normalized spacial score (nSPS) is 13.5. The van der Waals surface area contributed by atoms with Crippen molar-refractivity contribution in [3.05, 3.63) is 81.6 Å². The molecule has 170 valence electrons. The van der Waals surface area contributed by atoms with Crippen LogP contribution in [0.2, 0.25) is 5.02 Å². The number of hydrogen-bond acceptors (Lipinski definition) is 6. The second-order valence-electron chi connectivity index (χ2n) is 7.35. The number of benzene rings is 3. The van der Waals surface area contributed by atoms with Crippen LogP contribution in [0.5, 0.6) is 28.7 Å². The number of fused-ring (bicyclic) bond motifs is 1. The number of carbonyl (C=O) groups excluding carboxylic acids is 1. The van der Waals surface area contributed by atoms with E-state index in [1.165, 1.54) is 14.2 Å². The number of halogens is 1. The van der Waals surface area contributed by atoms with Crippen LogP contribution in [0, 0.1) is 6.92 Å². The molecule has 7 heteroatoms. The number of ketones is 1. The molecule has 0 fully saturated rings. The van der Waals surface area contributed by atoms with Gasteiger partial charge in [-0.05, 0) is 55.0 Å². The predicted octanol–water partition coefficient (Wildman–Crippen LogP) is 5.87. The third-order valence-corrected chi connectivity index (χ3v) is 5.58. The predicted molar refractivity (Wildman–Crippen MR) is 126 cm³/mol. The molecule has 0 unspecified atom stereocenters. The minimum atomic E-state index is -0.216. The van der Waals surface area contributed by atoms with Crippen molar-refractivity contribution in [3.63, 3.8) is 0 Å². The molecule has 3 aromatic carbocycles. The van der Waals surface area contributed by atoms with Crippen molar-refractivity contribution in [1.82, 2.24) is 0 Å². The standard InChI is InChI=1S/C26H23ClO6/c1-15-20(32-14-16-6-5-7-18(27)12-16)11-9-19-23(28)22(33-24(15)19)13-17-8-10-21(29-2)26(31-4)25(17)30-3/h5-13H,14H2,1-4H3/b22-13-. The van der Waals surface area contributed by atoms with Crippen LogP contribution in [0.3, 0.4) is 0 Å². The number of carbonyl (C=O) groups is 1. The molecular weight excluding hydrogens is 444 g/mol. The number of allylic oxidation sites excluding steroid dienone is 1. The molecule has 6 nitrogen and oxygen atoms in total. The number of ether oxygens (including phenoxy) is 5. The van der Waals surface area contributed by atoms with Crippen LogP contribution in [-0.4, -0.2) is 27.1 Å². The molecule has 0 amide bonds. The summed E-state index contributed by atoms with van der Waals surface area (Å²) >= 11 is 6.05. The lowest BCUT2D eigenvalue weighted by Gasteiger charge is -2.14. The van der Waals surface area contributed by atoms with Gasteiger partial charge in [0.05, 0.1) is 26.9 Å². The fraction of sp³-hybridized carbons (Fsp3) is 0.192. The zero-order valence-electron chi connectivity index (χ0n) is 18.7. The van der Waals surface area contributed by atoms with Crippen molar-refractivity contribution >= 4 is 23.5 Å². The van der Waals surface area contributed by atoms with Gasteiger partial charge in [-0.3, -0.25) is 4.79 Å². The van der Waals surface area contributed by atoms with Gasteiger partial charge in [-0.25, -0.2) is 0 Å². The van der Waals surface area contributed by atoms with Crippen LogP contribution in [0.15, 0.2) is 54.3 Å². The van der Waals surface area contributed by atoms with E-state index in [-0.39, 0.29) is 11.5 Å². The maximum atomic E-state index is 13.0. The average Bonchev–Trinajstić information content (AvgIpc) is 3.14. The third kappa shape index (κ3) is 4.34. The molecular formula is C26H23ClO6. The van der Waals surface area contributed by atoms with Crippen molar-refractivity contribution in [3.8, 4) is 28.7 Å². The summed E-state index contributed by atoms with van der Waals surface area (Å²) in [7, 11) is 4.60. The fourth-order valence-electron chi connectivity index (χ4n) is 3.69. The molecule has 0 saturated carbocycles. The van der Waals surface area contributed by atoms with Gasteiger partial charge < -0.3 is 23.7 Å². The second kappa shape index (κ2) is 9.46. The maximum Gasteiger partial charge on any atom is 0.231 e. The molecule has 0 atom stereocenters. The van der Waals surface area contributed by atoms with Gasteiger partial charge >= 0.3 is 0 Å². The van der Waals surface area contributed by atoms with Crippen molar-refractivity contribution in [2.75, 3.05) is 21.3 Å². The van der Waals surface area contributed by atoms with Gasteiger partial charge in [0.15, 0.2) is 17.3 Å². The minimum Gasteiger partial charge on any atom is -0.493 e. The number of rotatable bonds is 7. The Kier molecular flexibility index (Phi) is 6.47. The van der Waals surface area contributed by atoms with Gasteiger partial charge in [0, 0.05) is 16.1 Å². The van der Waals surface area contributed by atoms with Gasteiger partial charge in [0.2, 0.25) is 11.5 Å². The lowest BCUT2D eigenvalue weighted by molar-refractivity contribution is 0.101. The third-order valence-electron chi connectivity index (χ3n) is 5.34. The zero-order chi connectivity index (χ0) is 23.5. The summed E-state index contributed by atoms with van der Waals surface area (Å²) in [6, 6.07) is 14.5. The summed E-state index contributed by atoms with van der Waals surface area (Å²) in [5.74, 6) is 2.48. The zero-order valence-corrected chi connectivity index (χ0v) is 19.5. The first kappa shape index (κ1) is 22.6. The average molecular weight is 467 g/mol. The molecule has 0 aliphatic carbocycles. The van der Waals surface area contributed by atoms with E-state index in [0.29, 0.717) is 51.5 Å². The molecule has 1 aliphatic rings. The number of Topliss-reactive ketones (excluding diaryl/α,β-unsaturated/α-hetero) is 1. The van der Waals surface area contributed by atoms with E-state index in [4.69, 9.17) is 35.3 Å². The van der Waals surface area contributed by atoms with Crippen molar-refractivity contribution in [2.45, 2.75) is 13.5 Å². The highest BCUT2D eigenvalue weighted by molar-refractivity contribution is 6.30. The first-order valence-corrected chi connectivity index (χ1v) is 10.6. The lowest BCUT2D eigenvalue weighted by atomic mass is 10.1. The highest BCUT2D eigenvalue weighted by atomic mass is 35.5. The van der Waals surface area contributed by atoms with Crippen LogP contribution >= 0.6 is 11.6 Å². The molecule has 0 radical (unpaired) electrons. The Morgan fingerprint density at radius 1 is 0.939 bits per heavy atom. The van der Waals surface area contributed by atoms with E-state index in [0.717, 1.165) is 11.1 Å². The Bertz CT molecular complexity index is 1250. The molecule has 1 heterocycles. The smallest absolute Gasteiger partial charge is 0.231 e. The summed E-state index contributed by atoms with van der Waals surface area (Å²) in [6.07, 6.45) is 1.63. The molecule has 0 spiro atoms. The van der Waals surface area contributed by atoms with Crippen LogP contribution in [0.4, 0.5) is 0 Å². The van der Waals surface area contributed by atoms with E-state index in [2.05, 4.69) is 0 Å². The largest absolute Gasteiger partial charge is 0.493 e. The summed E-state index contributed by atoms with van der Waals surface area (Å²) < 4.78 is 28.2. The molecule has 0 saturated heterocycles. The van der Waals surface area contributed by atoms with Crippen molar-refractivity contribution in [2.24, 2.45) is 0 Å². The highest BCUT2D eigenvalue weighted by Crippen LogP contribution is 2.43. The van der Waals surface area contributed by atoms with Gasteiger partial charge in [-0.15, -0.1) is 0 Å². The Hall–Kier alpha value is -3.64. The van der Waals surface area contributed by atoms with Crippen LogP contribution in [-0.2, 0) is 6.61 Å². The first-order chi connectivity index (χ1) is 16.0. The Labute approximate surface area is 197 Å². The molecule has 33 heavy (non-hydrogen) atoms. The summed E-state index contributed by atoms with van der Waals surface area (Å²) in [4.78, 5) is 13.0. The van der Waals surface area contributed by atoms with E-state index in [1.807, 2.05) is 31.2 Å². The first-order valence-electron chi connectivity index (χ1n) is 10.2. The summed E-state index contributed by atoms with van der Waals surface area (Å²) in [5, 5.41) is 0.649. The Morgan fingerprint density at radius 2 is 1.70 bits per heavy atom. The maximum absolute atomic E-state index is 13.0. The van der Waals surface area contributed by atoms with Crippen LogP contribution < -0.4 is 23.7 Å². The highest BCUT2D eigenvalue weighted by Gasteiger charge is 2.31. The summed E-state index contributed by atoms with van der Waals surface area (Å²) in [6.45, 7) is 2.21. The molecule has 1 aliphatic heterocycles. The SMILES string of the molecule is COc1ccc(/C=C2\Oc3c(ccc(OCc4cccc(Cl)c4)c3C)C2=O)c(OC)c1OC. The fourth-order valence-corrected chi connectivity index (χ4v) is 3.90. The van der Waals surface area contributed by atoms with E-state index >= 15 is 0 Å². The van der Waals surface area contributed by atoms with E-state index < -0.39 is 0 Å². The van der Waals surface area contributed by atoms with E-state index in [9.17, 15) is 4.79 Å². The van der Waals surface area contributed by atoms with Gasteiger partial charge in [0.1, 0.15) is 18.1 Å². The number of hydrogen-bond donors (Lipinski definition) is 0.